The molecule has 1 aromatic rings. The number of ether oxygens (including phenoxy) is 2. The number of carbonyl (C=O) groups is 1. The molecule has 1 aromatic carbocycles. The van der Waals surface area contributed by atoms with E-state index in [1.807, 2.05) is 21.8 Å². The number of carbonyl (C=O) groups excluding carboxylic acids is 1. The molecule has 1 aliphatic heterocycles. The minimum Gasteiger partial charge on any atom is -0.454 e. The molecular weight excluding hydrogens is 249 g/mol. The number of rotatable bonds is 4. The van der Waals surface area contributed by atoms with Gasteiger partial charge in [-0.2, -0.15) is 0 Å². The summed E-state index contributed by atoms with van der Waals surface area (Å²) in [6, 6.07) is 5.36. The Hall–Kier alpha value is -1.29. The fourth-order valence-electron chi connectivity index (χ4n) is 2.38. The predicted molar refractivity (Wildman–Crippen MR) is 90.0 cm³/mol. The van der Waals surface area contributed by atoms with Crippen molar-refractivity contribution in [2.45, 2.75) is 17.6 Å². The minimum atomic E-state index is -0.591. The molecule has 4 nitrogen and oxygen atoms in total. The molecule has 0 spiro atoms. The van der Waals surface area contributed by atoms with Crippen LogP contribution >= 0.6 is 0 Å². The van der Waals surface area contributed by atoms with Crippen molar-refractivity contribution in [2.24, 2.45) is 0 Å². The summed E-state index contributed by atoms with van der Waals surface area (Å²) in [5.41, 5.74) is 0.0572. The molecule has 102 valence electrons. The van der Waals surface area contributed by atoms with E-state index >= 15 is 0 Å². The van der Waals surface area contributed by atoms with E-state index in [0.717, 1.165) is 0 Å². The largest absolute Gasteiger partial charge is 0.454 e. The van der Waals surface area contributed by atoms with E-state index in [1.165, 1.54) is 0 Å². The Morgan fingerprint density at radius 3 is 2.40 bits per heavy atom. The van der Waals surface area contributed by atoms with E-state index in [0.29, 0.717) is 17.1 Å². The highest BCUT2D eigenvalue weighted by molar-refractivity contribution is 6.59. The second-order valence-corrected chi connectivity index (χ2v) is 6.69. The van der Waals surface area contributed by atoms with Gasteiger partial charge in [0.05, 0.1) is 0 Å². The first-order valence-electron chi connectivity index (χ1n) is 6.82. The summed E-state index contributed by atoms with van der Waals surface area (Å²) in [5.74, 6) is 1.42. The van der Waals surface area contributed by atoms with Crippen molar-refractivity contribution >= 4 is 37.2 Å². The molecule has 20 heavy (non-hydrogen) atoms. The first kappa shape index (κ1) is 15.1. The van der Waals surface area contributed by atoms with Crippen LogP contribution in [0.15, 0.2) is 18.2 Å². The second-order valence-electron chi connectivity index (χ2n) is 6.69. The number of benzene rings is 1. The van der Waals surface area contributed by atoms with Gasteiger partial charge in [0.1, 0.15) is 31.4 Å². The highest BCUT2D eigenvalue weighted by atomic mass is 16.7. The summed E-state index contributed by atoms with van der Waals surface area (Å²) in [6.45, 7) is 2.17. The number of likely N-dealkylation sites (N-methyl/N-ethyl adjacent to an activating group) is 1. The molecule has 8 heteroatoms. The van der Waals surface area contributed by atoms with Crippen LogP contribution in [-0.4, -0.2) is 66.6 Å². The van der Waals surface area contributed by atoms with E-state index in [-0.39, 0.29) is 17.8 Å². The molecule has 0 aromatic heterocycles. The van der Waals surface area contributed by atoms with Crippen molar-refractivity contribution in [1.29, 1.82) is 0 Å². The highest BCUT2D eigenvalue weighted by Gasteiger charge is 2.38. The molecular formula is C12H19B4NO3. The van der Waals surface area contributed by atoms with Gasteiger partial charge in [-0.1, -0.05) is 5.24 Å². The van der Waals surface area contributed by atoms with E-state index in [4.69, 9.17) is 9.47 Å². The maximum atomic E-state index is 12.8. The van der Waals surface area contributed by atoms with Gasteiger partial charge in [0, 0.05) is 11.0 Å². The first-order valence-corrected chi connectivity index (χ1v) is 6.82. The molecule has 1 atom stereocenters. The standard InChI is InChI=1S/C12H19B4NO3/c1-11(13,17(2)12(14,15)16)10(18)7-3-4-8-9(5-7)20-6-19-8/h3-5H,6,13-16H2,1-2H3. The van der Waals surface area contributed by atoms with Gasteiger partial charge in [-0.05, 0) is 32.2 Å². The van der Waals surface area contributed by atoms with Crippen LogP contribution in [0, 0.1) is 0 Å². The van der Waals surface area contributed by atoms with Crippen LogP contribution in [0.25, 0.3) is 0 Å². The summed E-state index contributed by atoms with van der Waals surface area (Å²) in [4.78, 5) is 14.9. The molecule has 1 unspecified atom stereocenters. The van der Waals surface area contributed by atoms with Crippen LogP contribution in [0.4, 0.5) is 0 Å². The fourth-order valence-corrected chi connectivity index (χ4v) is 2.38. The molecule has 0 aliphatic carbocycles. The predicted octanol–water partition coefficient (Wildman–Crippen LogP) is -2.61. The third kappa shape index (κ3) is 2.62. The lowest BCUT2D eigenvalue weighted by atomic mass is 9.46. The van der Waals surface area contributed by atoms with Crippen molar-refractivity contribution < 1.29 is 14.3 Å². The SMILES string of the molecule is BC(B)(B)N(C)C(B)(C)C(=O)c1ccc2c(c1)OCO2. The monoisotopic (exact) mass is 269 g/mol. The average Bonchev–Trinajstić information content (AvgIpc) is 2.82. The van der Waals surface area contributed by atoms with Crippen LogP contribution in [0.5, 0.6) is 11.5 Å². The minimum absolute atomic E-state index is 0.0771. The van der Waals surface area contributed by atoms with Gasteiger partial charge in [-0.15, -0.1) is 0 Å². The molecule has 0 saturated heterocycles. The lowest BCUT2D eigenvalue weighted by molar-refractivity contribution is 0.0811. The lowest BCUT2D eigenvalue weighted by Gasteiger charge is -2.44. The Kier molecular flexibility index (Phi) is 3.71. The summed E-state index contributed by atoms with van der Waals surface area (Å²) < 4.78 is 10.6. The zero-order valence-electron chi connectivity index (χ0n) is 13.1. The quantitative estimate of drug-likeness (QED) is 0.443. The van der Waals surface area contributed by atoms with Crippen LogP contribution in [0.1, 0.15) is 17.3 Å². The third-order valence-corrected chi connectivity index (χ3v) is 4.04. The summed E-state index contributed by atoms with van der Waals surface area (Å²) in [6.07, 6.45) is 0. The second kappa shape index (κ2) is 4.92. The van der Waals surface area contributed by atoms with Crippen LogP contribution in [0.2, 0.25) is 0 Å². The van der Waals surface area contributed by atoms with Gasteiger partial charge in [-0.3, -0.25) is 4.79 Å². The number of fused-ring (bicyclic) bond motifs is 1. The Morgan fingerprint density at radius 2 is 1.80 bits per heavy atom. The Balaban J connectivity index is 2.31. The van der Waals surface area contributed by atoms with Crippen molar-refractivity contribution in [1.82, 2.24) is 4.90 Å². The zero-order chi connectivity index (χ0) is 15.1. The maximum absolute atomic E-state index is 12.8. The van der Waals surface area contributed by atoms with E-state index in [2.05, 4.69) is 28.4 Å². The van der Waals surface area contributed by atoms with E-state index in [1.54, 1.807) is 18.2 Å². The summed E-state index contributed by atoms with van der Waals surface area (Å²) in [7, 11) is 10.2. The molecule has 0 bridgehead atoms. The first-order chi connectivity index (χ1) is 9.14. The molecule has 1 aliphatic rings. The smallest absolute Gasteiger partial charge is 0.231 e. The number of hydrogen-bond acceptors (Lipinski definition) is 4. The topological polar surface area (TPSA) is 38.8 Å². The van der Waals surface area contributed by atoms with Crippen LogP contribution in [0.3, 0.4) is 0 Å². The number of ketones is 1. The third-order valence-electron chi connectivity index (χ3n) is 4.04. The molecule has 0 saturated carbocycles. The number of hydrogen-bond donors (Lipinski definition) is 0. The Morgan fingerprint density at radius 1 is 1.20 bits per heavy atom. The van der Waals surface area contributed by atoms with E-state index < -0.39 is 5.44 Å². The summed E-state index contributed by atoms with van der Waals surface area (Å²) in [5, 5.41) is -0.0878. The van der Waals surface area contributed by atoms with Gasteiger partial charge < -0.3 is 14.4 Å². The molecule has 0 radical (unpaired) electrons. The van der Waals surface area contributed by atoms with Gasteiger partial charge in [-0.25, -0.2) is 0 Å². The van der Waals surface area contributed by atoms with Crippen molar-refractivity contribution in [3.8, 4) is 11.5 Å². The number of Topliss-reactive ketones (excluding diaryl/α,β-unsaturated/α-hetero) is 1. The molecule has 0 amide bonds. The Bertz CT molecular complexity index is 542. The fraction of sp³-hybridized carbons (Fsp3) is 0.417. The molecule has 0 fully saturated rings. The molecule has 1 heterocycles. The van der Waals surface area contributed by atoms with Gasteiger partial charge in [0.25, 0.3) is 0 Å². The van der Waals surface area contributed by atoms with Gasteiger partial charge in [0.2, 0.25) is 6.79 Å². The van der Waals surface area contributed by atoms with Crippen molar-refractivity contribution in [3.63, 3.8) is 0 Å². The zero-order valence-corrected chi connectivity index (χ0v) is 13.1. The van der Waals surface area contributed by atoms with Crippen molar-refractivity contribution in [3.05, 3.63) is 23.8 Å². The van der Waals surface area contributed by atoms with Gasteiger partial charge >= 0.3 is 0 Å². The average molecular weight is 269 g/mol. The lowest BCUT2D eigenvalue weighted by Crippen LogP contribution is -2.62. The molecule has 2 rings (SSSR count). The van der Waals surface area contributed by atoms with Crippen molar-refractivity contribution in [2.75, 3.05) is 13.8 Å². The summed E-state index contributed by atoms with van der Waals surface area (Å²) >= 11 is 0. The van der Waals surface area contributed by atoms with Crippen LogP contribution in [-0.2, 0) is 0 Å². The Labute approximate surface area is 123 Å². The highest BCUT2D eigenvalue weighted by Crippen LogP contribution is 2.33. The normalized spacial score (nSPS) is 16.9. The van der Waals surface area contributed by atoms with Crippen LogP contribution < -0.4 is 9.47 Å². The maximum Gasteiger partial charge on any atom is 0.231 e. The number of nitrogens with zero attached hydrogens (tertiary/aromatic N) is 1. The molecule has 0 N–H and O–H groups in total. The van der Waals surface area contributed by atoms with E-state index in [9.17, 15) is 4.79 Å². The van der Waals surface area contributed by atoms with Gasteiger partial charge in [0.15, 0.2) is 17.3 Å².